The number of aryl methyl sites for hydroxylation is 1. The summed E-state index contributed by atoms with van der Waals surface area (Å²) < 4.78 is 1.46. The minimum atomic E-state index is -0.190. The molecule has 1 fully saturated rings. The second kappa shape index (κ2) is 7.97. The third kappa shape index (κ3) is 4.38. The van der Waals surface area contributed by atoms with E-state index in [1.54, 1.807) is 30.6 Å². The van der Waals surface area contributed by atoms with E-state index in [-0.39, 0.29) is 17.5 Å². The van der Waals surface area contributed by atoms with Crippen LogP contribution in [0.25, 0.3) is 0 Å². The van der Waals surface area contributed by atoms with Gasteiger partial charge in [0.15, 0.2) is 0 Å². The number of thiophene rings is 1. The predicted molar refractivity (Wildman–Crippen MR) is 101 cm³/mol. The van der Waals surface area contributed by atoms with E-state index >= 15 is 0 Å². The SMILES string of the molecule is CC1CCN(C(CNC(=O)c2ccn(C)c(=O)c2)c2cccs2)CC1. The molecule has 1 amide bonds. The lowest BCUT2D eigenvalue weighted by Crippen LogP contribution is -2.41. The molecule has 2 aromatic heterocycles. The van der Waals surface area contributed by atoms with E-state index in [9.17, 15) is 9.59 Å². The number of likely N-dealkylation sites (tertiary alicyclic amines) is 1. The van der Waals surface area contributed by atoms with Crippen LogP contribution in [0.5, 0.6) is 0 Å². The van der Waals surface area contributed by atoms with E-state index in [1.807, 2.05) is 0 Å². The summed E-state index contributed by atoms with van der Waals surface area (Å²) in [6, 6.07) is 7.46. The Balaban J connectivity index is 1.69. The number of carbonyl (C=O) groups excluding carboxylic acids is 1. The Morgan fingerprint density at radius 3 is 2.76 bits per heavy atom. The van der Waals surface area contributed by atoms with Crippen molar-refractivity contribution < 1.29 is 4.79 Å². The molecule has 3 heterocycles. The Kier molecular flexibility index (Phi) is 5.71. The number of pyridine rings is 1. The Morgan fingerprint density at radius 2 is 2.12 bits per heavy atom. The van der Waals surface area contributed by atoms with Crippen molar-refractivity contribution in [1.82, 2.24) is 14.8 Å². The van der Waals surface area contributed by atoms with Crippen LogP contribution in [0.4, 0.5) is 0 Å². The Morgan fingerprint density at radius 1 is 1.36 bits per heavy atom. The first-order chi connectivity index (χ1) is 12.0. The molecule has 0 saturated carbocycles. The first kappa shape index (κ1) is 17.9. The maximum Gasteiger partial charge on any atom is 0.251 e. The molecule has 1 atom stereocenters. The lowest BCUT2D eigenvalue weighted by Gasteiger charge is -2.36. The van der Waals surface area contributed by atoms with Gasteiger partial charge in [0.05, 0.1) is 6.04 Å². The van der Waals surface area contributed by atoms with Crippen molar-refractivity contribution in [2.75, 3.05) is 19.6 Å². The summed E-state index contributed by atoms with van der Waals surface area (Å²) in [5.41, 5.74) is 0.243. The first-order valence-electron chi connectivity index (χ1n) is 8.77. The van der Waals surface area contributed by atoms with Gasteiger partial charge in [0.2, 0.25) is 0 Å². The van der Waals surface area contributed by atoms with Crippen LogP contribution in [0.15, 0.2) is 40.6 Å². The summed E-state index contributed by atoms with van der Waals surface area (Å²) in [5, 5.41) is 5.10. The molecule has 3 rings (SSSR count). The van der Waals surface area contributed by atoms with Gasteiger partial charge in [0, 0.05) is 36.3 Å². The monoisotopic (exact) mass is 359 g/mol. The molecule has 0 spiro atoms. The smallest absolute Gasteiger partial charge is 0.251 e. The van der Waals surface area contributed by atoms with Gasteiger partial charge < -0.3 is 9.88 Å². The topological polar surface area (TPSA) is 54.3 Å². The average molecular weight is 359 g/mol. The van der Waals surface area contributed by atoms with Crippen molar-refractivity contribution in [2.45, 2.75) is 25.8 Å². The quantitative estimate of drug-likeness (QED) is 0.893. The third-order valence-electron chi connectivity index (χ3n) is 4.95. The van der Waals surface area contributed by atoms with Crippen molar-refractivity contribution in [1.29, 1.82) is 0 Å². The number of aromatic nitrogens is 1. The molecule has 1 N–H and O–H groups in total. The molecular formula is C19H25N3O2S. The maximum atomic E-state index is 12.4. The van der Waals surface area contributed by atoms with Gasteiger partial charge in [-0.3, -0.25) is 14.5 Å². The molecule has 0 aromatic carbocycles. The molecule has 1 aliphatic heterocycles. The van der Waals surface area contributed by atoms with Gasteiger partial charge in [-0.15, -0.1) is 11.3 Å². The fourth-order valence-corrected chi connectivity index (χ4v) is 4.07. The van der Waals surface area contributed by atoms with Crippen LogP contribution in [0.3, 0.4) is 0 Å². The van der Waals surface area contributed by atoms with Gasteiger partial charge in [-0.05, 0) is 49.4 Å². The molecule has 2 aromatic rings. The number of rotatable bonds is 5. The predicted octanol–water partition coefficient (Wildman–Crippen LogP) is 2.65. The zero-order valence-electron chi connectivity index (χ0n) is 14.8. The van der Waals surface area contributed by atoms with Crippen molar-refractivity contribution >= 4 is 17.2 Å². The van der Waals surface area contributed by atoms with Gasteiger partial charge in [-0.1, -0.05) is 13.0 Å². The molecule has 1 saturated heterocycles. The number of carbonyl (C=O) groups is 1. The third-order valence-corrected chi connectivity index (χ3v) is 5.93. The van der Waals surface area contributed by atoms with E-state index in [1.165, 1.54) is 28.4 Å². The standard InChI is InChI=1S/C19H25N3O2S/c1-14-5-9-22(10-6-14)16(17-4-3-11-25-17)13-20-19(24)15-7-8-21(2)18(23)12-15/h3-4,7-8,11-12,14,16H,5-6,9-10,13H2,1-2H3,(H,20,24). The van der Waals surface area contributed by atoms with E-state index < -0.39 is 0 Å². The normalized spacial score (nSPS) is 17.4. The minimum Gasteiger partial charge on any atom is -0.350 e. The summed E-state index contributed by atoms with van der Waals surface area (Å²) in [6.45, 7) is 4.98. The second-order valence-corrected chi connectivity index (χ2v) is 7.80. The molecule has 1 aliphatic rings. The van der Waals surface area contributed by atoms with Gasteiger partial charge in [0.25, 0.3) is 11.5 Å². The lowest BCUT2D eigenvalue weighted by molar-refractivity contribution is 0.0914. The number of piperidine rings is 1. The summed E-state index contributed by atoms with van der Waals surface area (Å²) in [4.78, 5) is 27.9. The molecular weight excluding hydrogens is 334 g/mol. The van der Waals surface area contributed by atoms with Gasteiger partial charge >= 0.3 is 0 Å². The molecule has 5 nitrogen and oxygen atoms in total. The fraction of sp³-hybridized carbons (Fsp3) is 0.474. The summed E-state index contributed by atoms with van der Waals surface area (Å²) in [7, 11) is 1.67. The van der Waals surface area contributed by atoms with Crippen LogP contribution < -0.4 is 10.9 Å². The zero-order valence-corrected chi connectivity index (χ0v) is 15.6. The maximum absolute atomic E-state index is 12.4. The van der Waals surface area contributed by atoms with E-state index in [2.05, 4.69) is 34.7 Å². The van der Waals surface area contributed by atoms with Crippen LogP contribution in [-0.2, 0) is 7.05 Å². The Hall–Kier alpha value is -1.92. The number of hydrogen-bond acceptors (Lipinski definition) is 4. The average Bonchev–Trinajstić information content (AvgIpc) is 3.13. The highest BCUT2D eigenvalue weighted by Gasteiger charge is 2.25. The van der Waals surface area contributed by atoms with Crippen LogP contribution in [-0.4, -0.2) is 35.0 Å². The summed E-state index contributed by atoms with van der Waals surface area (Å²) >= 11 is 1.73. The highest BCUT2D eigenvalue weighted by Crippen LogP contribution is 2.29. The number of nitrogens with one attached hydrogen (secondary N) is 1. The number of hydrogen-bond donors (Lipinski definition) is 1. The number of nitrogens with zero attached hydrogens (tertiary/aromatic N) is 2. The van der Waals surface area contributed by atoms with E-state index in [4.69, 9.17) is 0 Å². The Labute approximate surface area is 152 Å². The van der Waals surface area contributed by atoms with Crippen molar-refractivity contribution in [3.8, 4) is 0 Å². The van der Waals surface area contributed by atoms with Crippen molar-refractivity contribution in [2.24, 2.45) is 13.0 Å². The van der Waals surface area contributed by atoms with Crippen LogP contribution in [0, 0.1) is 5.92 Å². The molecule has 25 heavy (non-hydrogen) atoms. The molecule has 0 aliphatic carbocycles. The summed E-state index contributed by atoms with van der Waals surface area (Å²) in [5.74, 6) is 0.583. The Bertz CT molecular complexity index is 761. The number of amides is 1. The fourth-order valence-electron chi connectivity index (χ4n) is 3.21. The second-order valence-electron chi connectivity index (χ2n) is 6.82. The highest BCUT2D eigenvalue weighted by molar-refractivity contribution is 7.10. The van der Waals surface area contributed by atoms with Crippen molar-refractivity contribution in [3.05, 3.63) is 56.6 Å². The van der Waals surface area contributed by atoms with Crippen LogP contribution in [0.1, 0.15) is 41.0 Å². The largest absolute Gasteiger partial charge is 0.350 e. The lowest BCUT2D eigenvalue weighted by atomic mass is 9.97. The summed E-state index contributed by atoms with van der Waals surface area (Å²) in [6.07, 6.45) is 4.02. The van der Waals surface area contributed by atoms with Gasteiger partial charge in [0.1, 0.15) is 0 Å². The van der Waals surface area contributed by atoms with E-state index in [0.717, 1.165) is 19.0 Å². The van der Waals surface area contributed by atoms with Gasteiger partial charge in [-0.25, -0.2) is 0 Å². The minimum absolute atomic E-state index is 0.174. The van der Waals surface area contributed by atoms with Crippen LogP contribution in [0.2, 0.25) is 0 Å². The molecule has 134 valence electrons. The van der Waals surface area contributed by atoms with Crippen LogP contribution >= 0.6 is 11.3 Å². The molecule has 6 heteroatoms. The van der Waals surface area contributed by atoms with Crippen molar-refractivity contribution in [3.63, 3.8) is 0 Å². The zero-order chi connectivity index (χ0) is 17.8. The first-order valence-corrected chi connectivity index (χ1v) is 9.65. The molecule has 1 unspecified atom stereocenters. The molecule has 0 bridgehead atoms. The van der Waals surface area contributed by atoms with E-state index in [0.29, 0.717) is 12.1 Å². The highest BCUT2D eigenvalue weighted by atomic mass is 32.1. The van der Waals surface area contributed by atoms with Gasteiger partial charge in [-0.2, -0.15) is 0 Å². The molecule has 0 radical (unpaired) electrons.